The summed E-state index contributed by atoms with van der Waals surface area (Å²) in [7, 11) is 0. The van der Waals surface area contributed by atoms with Crippen LogP contribution in [0, 0.1) is 6.92 Å². The Hall–Kier alpha value is -0.910. The molecular formula is C15H24N2O2S. The van der Waals surface area contributed by atoms with Crippen molar-refractivity contribution in [3.05, 3.63) is 21.9 Å². The average Bonchev–Trinajstić information content (AvgIpc) is 2.87. The van der Waals surface area contributed by atoms with Crippen molar-refractivity contribution >= 4 is 17.2 Å². The predicted molar refractivity (Wildman–Crippen MR) is 82.3 cm³/mol. The molecule has 20 heavy (non-hydrogen) atoms. The second kappa shape index (κ2) is 7.20. The highest BCUT2D eigenvalue weighted by Gasteiger charge is 2.22. The van der Waals surface area contributed by atoms with Gasteiger partial charge in [0, 0.05) is 30.6 Å². The average molecular weight is 296 g/mol. The van der Waals surface area contributed by atoms with Gasteiger partial charge in [0.05, 0.1) is 11.0 Å². The fraction of sp³-hybridized carbons (Fsp3) is 0.667. The third-order valence-electron chi connectivity index (χ3n) is 3.83. The van der Waals surface area contributed by atoms with E-state index in [9.17, 15) is 9.90 Å². The Bertz CT molecular complexity index is 439. The molecule has 0 saturated carbocycles. The summed E-state index contributed by atoms with van der Waals surface area (Å²) in [5, 5.41) is 12.8. The minimum absolute atomic E-state index is 0.0511. The maximum absolute atomic E-state index is 12.1. The van der Waals surface area contributed by atoms with Gasteiger partial charge in [0.25, 0.3) is 5.91 Å². The number of aryl methyl sites for hydroxylation is 1. The van der Waals surface area contributed by atoms with Crippen molar-refractivity contribution in [3.63, 3.8) is 0 Å². The first-order valence-corrected chi connectivity index (χ1v) is 8.18. The predicted octanol–water partition coefficient (Wildman–Crippen LogP) is 2.02. The summed E-state index contributed by atoms with van der Waals surface area (Å²) in [6, 6.07) is 4.14. The number of amides is 1. The van der Waals surface area contributed by atoms with Crippen molar-refractivity contribution < 1.29 is 9.90 Å². The molecular weight excluding hydrogens is 272 g/mol. The number of likely N-dealkylation sites (tertiary alicyclic amines) is 1. The lowest BCUT2D eigenvalue weighted by molar-refractivity contribution is 0.0820. The van der Waals surface area contributed by atoms with Crippen molar-refractivity contribution in [1.82, 2.24) is 10.2 Å². The number of aliphatic hydroxyl groups excluding tert-OH is 1. The molecule has 1 saturated heterocycles. The molecule has 0 bridgehead atoms. The first-order chi connectivity index (χ1) is 9.58. The lowest BCUT2D eigenvalue weighted by atomic mass is 10.0. The lowest BCUT2D eigenvalue weighted by Gasteiger charge is -2.33. The standard InChI is InChI=1S/C15H24N2O2S/c1-3-13(18)10-17-8-6-12(7-9-17)16-15(19)14-5-4-11(2)20-14/h4-5,12-13,18H,3,6-10H2,1-2H3,(H,16,19). The molecule has 2 N–H and O–H groups in total. The number of thiophene rings is 1. The smallest absolute Gasteiger partial charge is 0.261 e. The van der Waals surface area contributed by atoms with E-state index < -0.39 is 0 Å². The topological polar surface area (TPSA) is 52.6 Å². The summed E-state index contributed by atoms with van der Waals surface area (Å²) >= 11 is 1.54. The zero-order chi connectivity index (χ0) is 14.5. The number of hydrogen-bond donors (Lipinski definition) is 2. The summed E-state index contributed by atoms with van der Waals surface area (Å²) in [4.78, 5) is 16.3. The van der Waals surface area contributed by atoms with Gasteiger partial charge in [-0.2, -0.15) is 0 Å². The first kappa shape index (κ1) is 15.5. The highest BCUT2D eigenvalue weighted by atomic mass is 32.1. The highest BCUT2D eigenvalue weighted by Crippen LogP contribution is 2.17. The molecule has 2 heterocycles. The first-order valence-electron chi connectivity index (χ1n) is 7.36. The Labute approximate surface area is 124 Å². The van der Waals surface area contributed by atoms with E-state index in [1.165, 1.54) is 4.88 Å². The summed E-state index contributed by atoms with van der Waals surface area (Å²) in [5.74, 6) is 0.0511. The summed E-state index contributed by atoms with van der Waals surface area (Å²) in [6.07, 6.45) is 2.50. The van der Waals surface area contributed by atoms with Crippen LogP contribution in [0.25, 0.3) is 0 Å². The van der Waals surface area contributed by atoms with E-state index in [2.05, 4.69) is 10.2 Å². The molecule has 1 atom stereocenters. The maximum atomic E-state index is 12.1. The molecule has 1 amide bonds. The van der Waals surface area contributed by atoms with E-state index in [4.69, 9.17) is 0 Å². The summed E-state index contributed by atoms with van der Waals surface area (Å²) in [6.45, 7) is 6.66. The number of nitrogens with zero attached hydrogens (tertiary/aromatic N) is 1. The van der Waals surface area contributed by atoms with E-state index in [0.29, 0.717) is 0 Å². The van der Waals surface area contributed by atoms with Crippen LogP contribution >= 0.6 is 11.3 Å². The molecule has 0 spiro atoms. The van der Waals surface area contributed by atoms with Crippen LogP contribution in [-0.4, -0.2) is 47.7 Å². The van der Waals surface area contributed by atoms with Crippen LogP contribution < -0.4 is 5.32 Å². The van der Waals surface area contributed by atoms with E-state index in [-0.39, 0.29) is 18.1 Å². The van der Waals surface area contributed by atoms with Gasteiger partial charge >= 0.3 is 0 Å². The van der Waals surface area contributed by atoms with Crippen molar-refractivity contribution in [2.75, 3.05) is 19.6 Å². The molecule has 4 nitrogen and oxygen atoms in total. The Kier molecular flexibility index (Phi) is 5.57. The van der Waals surface area contributed by atoms with Crippen LogP contribution in [-0.2, 0) is 0 Å². The molecule has 0 aliphatic carbocycles. The number of hydrogen-bond acceptors (Lipinski definition) is 4. The number of aliphatic hydroxyl groups is 1. The number of nitrogens with one attached hydrogen (secondary N) is 1. The summed E-state index contributed by atoms with van der Waals surface area (Å²) < 4.78 is 0. The highest BCUT2D eigenvalue weighted by molar-refractivity contribution is 7.13. The third kappa shape index (κ3) is 4.30. The van der Waals surface area contributed by atoms with Gasteiger partial charge in [-0.05, 0) is 38.3 Å². The molecule has 0 radical (unpaired) electrons. The molecule has 0 aromatic carbocycles. The molecule has 1 aliphatic heterocycles. The summed E-state index contributed by atoms with van der Waals surface area (Å²) in [5.41, 5.74) is 0. The molecule has 1 aliphatic rings. The van der Waals surface area contributed by atoms with E-state index in [1.807, 2.05) is 26.0 Å². The number of carbonyl (C=O) groups excluding carboxylic acids is 1. The van der Waals surface area contributed by atoms with E-state index in [0.717, 1.165) is 43.8 Å². The minimum atomic E-state index is -0.227. The van der Waals surface area contributed by atoms with Crippen molar-refractivity contribution in [2.45, 2.75) is 45.3 Å². The third-order valence-corrected chi connectivity index (χ3v) is 4.83. The van der Waals surface area contributed by atoms with Gasteiger partial charge in [-0.1, -0.05) is 6.92 Å². The van der Waals surface area contributed by atoms with Crippen LogP contribution in [0.3, 0.4) is 0 Å². The van der Waals surface area contributed by atoms with Crippen LogP contribution in [0.4, 0.5) is 0 Å². The monoisotopic (exact) mass is 296 g/mol. The molecule has 1 aromatic heterocycles. The van der Waals surface area contributed by atoms with Crippen LogP contribution in [0.15, 0.2) is 12.1 Å². The van der Waals surface area contributed by atoms with E-state index in [1.54, 1.807) is 11.3 Å². The van der Waals surface area contributed by atoms with Crippen LogP contribution in [0.2, 0.25) is 0 Å². The second-order valence-electron chi connectivity index (χ2n) is 5.52. The lowest BCUT2D eigenvalue weighted by Crippen LogP contribution is -2.46. The Morgan fingerprint density at radius 1 is 1.50 bits per heavy atom. The van der Waals surface area contributed by atoms with Gasteiger partial charge in [0.15, 0.2) is 0 Å². The molecule has 1 fully saturated rings. The zero-order valence-corrected chi connectivity index (χ0v) is 13.1. The van der Waals surface area contributed by atoms with Gasteiger partial charge < -0.3 is 15.3 Å². The molecule has 112 valence electrons. The van der Waals surface area contributed by atoms with Crippen molar-refractivity contribution in [2.24, 2.45) is 0 Å². The van der Waals surface area contributed by atoms with E-state index >= 15 is 0 Å². The fourth-order valence-electron chi connectivity index (χ4n) is 2.50. The number of β-amino-alcohol motifs (C(OH)–C–C–N with tert-alkyl or cyclic N) is 1. The fourth-order valence-corrected chi connectivity index (χ4v) is 3.27. The van der Waals surface area contributed by atoms with Crippen molar-refractivity contribution in [1.29, 1.82) is 0 Å². The minimum Gasteiger partial charge on any atom is -0.392 e. The van der Waals surface area contributed by atoms with Gasteiger partial charge in [0.1, 0.15) is 0 Å². The number of rotatable bonds is 5. The molecule has 2 rings (SSSR count). The largest absolute Gasteiger partial charge is 0.392 e. The molecule has 1 aromatic rings. The van der Waals surface area contributed by atoms with Crippen LogP contribution in [0.1, 0.15) is 40.7 Å². The van der Waals surface area contributed by atoms with Gasteiger partial charge in [0.2, 0.25) is 0 Å². The number of carbonyl (C=O) groups is 1. The van der Waals surface area contributed by atoms with Gasteiger partial charge in [-0.15, -0.1) is 11.3 Å². The van der Waals surface area contributed by atoms with Gasteiger partial charge in [-0.25, -0.2) is 0 Å². The zero-order valence-electron chi connectivity index (χ0n) is 12.3. The Balaban J connectivity index is 1.75. The molecule has 5 heteroatoms. The van der Waals surface area contributed by atoms with Gasteiger partial charge in [-0.3, -0.25) is 4.79 Å². The second-order valence-corrected chi connectivity index (χ2v) is 6.81. The maximum Gasteiger partial charge on any atom is 0.261 e. The van der Waals surface area contributed by atoms with Crippen molar-refractivity contribution in [3.8, 4) is 0 Å². The molecule has 1 unspecified atom stereocenters. The Morgan fingerprint density at radius 3 is 2.75 bits per heavy atom. The SMILES string of the molecule is CCC(O)CN1CCC(NC(=O)c2ccc(C)s2)CC1. The van der Waals surface area contributed by atoms with Crippen LogP contribution in [0.5, 0.6) is 0 Å². The Morgan fingerprint density at radius 2 is 2.20 bits per heavy atom. The number of piperidine rings is 1. The normalized spacial score (nSPS) is 18.9. The quantitative estimate of drug-likeness (QED) is 0.874.